The lowest BCUT2D eigenvalue weighted by Crippen LogP contribution is -2.26. The van der Waals surface area contributed by atoms with Gasteiger partial charge in [0.2, 0.25) is 0 Å². The van der Waals surface area contributed by atoms with Gasteiger partial charge in [-0.2, -0.15) is 0 Å². The highest BCUT2D eigenvalue weighted by molar-refractivity contribution is 7.25. The molecule has 11 aromatic carbocycles. The Kier molecular flexibility index (Phi) is 9.33. The van der Waals surface area contributed by atoms with Crippen molar-refractivity contribution in [3.8, 4) is 44.5 Å². The molecule has 0 aliphatic heterocycles. The van der Waals surface area contributed by atoms with Crippen LogP contribution in [0.3, 0.4) is 0 Å². The Morgan fingerprint density at radius 2 is 0.714 bits per heavy atom. The van der Waals surface area contributed by atoms with Crippen molar-refractivity contribution in [1.29, 1.82) is 0 Å². The molecule has 12 aromatic rings. The average molecular weight is 909 g/mol. The fourth-order valence-corrected chi connectivity index (χ4v) is 12.8. The van der Waals surface area contributed by atoms with Gasteiger partial charge in [-0.25, -0.2) is 0 Å². The third-order valence-electron chi connectivity index (χ3n) is 14.7. The van der Waals surface area contributed by atoms with Gasteiger partial charge < -0.3 is 9.80 Å². The Bertz CT molecular complexity index is 3850. The second kappa shape index (κ2) is 16.2. The summed E-state index contributed by atoms with van der Waals surface area (Å²) >= 11 is 1.86. The Balaban J connectivity index is 0.983. The van der Waals surface area contributed by atoms with Gasteiger partial charge in [0.05, 0.1) is 11.1 Å². The molecule has 3 heteroatoms. The number of para-hydroxylation sites is 2. The predicted molar refractivity (Wildman–Crippen MR) is 296 cm³/mol. The molecule has 2 nitrogen and oxygen atoms in total. The standard InChI is InChI=1S/C67H44N2S/c1-4-18-45(19-5-1)46-32-36-51(37-33-46)68(53-40-41-57-56-26-13-17-31-64(56)70-65(57)44-53)52-38-34-47(35-39-52)48-42-62-66(63(43-48)69(49-20-6-2-7-21-49)50-22-8-3-9-23-50)58-27-12-16-30-61(58)67(62)59-28-14-10-24-54(59)55-25-11-15-29-60(55)67/h1-44H. The molecular formula is C67H44N2S. The van der Waals surface area contributed by atoms with Crippen LogP contribution >= 0.6 is 11.3 Å². The van der Waals surface area contributed by atoms with Gasteiger partial charge in [0.1, 0.15) is 0 Å². The largest absolute Gasteiger partial charge is 0.310 e. The maximum atomic E-state index is 2.51. The van der Waals surface area contributed by atoms with Crippen molar-refractivity contribution in [2.75, 3.05) is 9.80 Å². The van der Waals surface area contributed by atoms with E-state index in [1.807, 2.05) is 11.3 Å². The second-order valence-electron chi connectivity index (χ2n) is 18.4. The van der Waals surface area contributed by atoms with E-state index in [4.69, 9.17) is 0 Å². The number of anilines is 6. The molecule has 1 heterocycles. The van der Waals surface area contributed by atoms with Gasteiger partial charge in [-0.15, -0.1) is 11.3 Å². The van der Waals surface area contributed by atoms with E-state index < -0.39 is 5.41 Å². The van der Waals surface area contributed by atoms with Crippen molar-refractivity contribution < 1.29 is 0 Å². The normalized spacial score (nSPS) is 12.7. The number of thiophene rings is 1. The minimum atomic E-state index is -0.517. The molecule has 0 atom stereocenters. The molecule has 0 saturated carbocycles. The maximum Gasteiger partial charge on any atom is 0.0726 e. The molecule has 0 bridgehead atoms. The topological polar surface area (TPSA) is 6.48 Å². The molecule has 2 aliphatic carbocycles. The summed E-state index contributed by atoms with van der Waals surface area (Å²) in [7, 11) is 0. The van der Waals surface area contributed by atoms with Crippen LogP contribution in [0, 0.1) is 0 Å². The van der Waals surface area contributed by atoms with Gasteiger partial charge in [0.25, 0.3) is 0 Å². The summed E-state index contributed by atoms with van der Waals surface area (Å²) in [4.78, 5) is 4.87. The maximum absolute atomic E-state index is 2.51. The van der Waals surface area contributed by atoms with Crippen LogP contribution in [-0.4, -0.2) is 0 Å². The van der Waals surface area contributed by atoms with Crippen molar-refractivity contribution >= 4 is 65.6 Å². The summed E-state index contributed by atoms with van der Waals surface area (Å²) in [6.45, 7) is 0. The van der Waals surface area contributed by atoms with Gasteiger partial charge in [0.15, 0.2) is 0 Å². The van der Waals surface area contributed by atoms with Crippen molar-refractivity contribution in [3.63, 3.8) is 0 Å². The first-order valence-electron chi connectivity index (χ1n) is 24.1. The average Bonchev–Trinajstić information content (AvgIpc) is 4.06. The molecule has 0 radical (unpaired) electrons. The van der Waals surface area contributed by atoms with Crippen LogP contribution in [-0.2, 0) is 5.41 Å². The molecule has 328 valence electrons. The van der Waals surface area contributed by atoms with Crippen LogP contribution in [0.4, 0.5) is 34.1 Å². The third kappa shape index (κ3) is 6.19. The Morgan fingerprint density at radius 3 is 1.33 bits per heavy atom. The number of hydrogen-bond acceptors (Lipinski definition) is 3. The van der Waals surface area contributed by atoms with E-state index in [-0.39, 0.29) is 0 Å². The van der Waals surface area contributed by atoms with Crippen LogP contribution < -0.4 is 9.80 Å². The molecule has 70 heavy (non-hydrogen) atoms. The predicted octanol–water partition coefficient (Wildman–Crippen LogP) is 18.7. The zero-order valence-electron chi connectivity index (χ0n) is 38.2. The summed E-state index contributed by atoms with van der Waals surface area (Å²) in [5.74, 6) is 0. The molecule has 2 aliphatic rings. The highest BCUT2D eigenvalue weighted by atomic mass is 32.1. The molecule has 0 amide bonds. The van der Waals surface area contributed by atoms with Crippen molar-refractivity contribution in [2.45, 2.75) is 5.41 Å². The smallest absolute Gasteiger partial charge is 0.0726 e. The van der Waals surface area contributed by atoms with E-state index >= 15 is 0 Å². The summed E-state index contributed by atoms with van der Waals surface area (Å²) in [5, 5.41) is 2.59. The van der Waals surface area contributed by atoms with E-state index in [9.17, 15) is 0 Å². The number of hydrogen-bond donors (Lipinski definition) is 0. The van der Waals surface area contributed by atoms with Gasteiger partial charge in [-0.05, 0) is 140 Å². The molecule has 0 fully saturated rings. The lowest BCUT2D eigenvalue weighted by molar-refractivity contribution is 0.794. The van der Waals surface area contributed by atoms with E-state index in [0.717, 1.165) is 45.3 Å². The van der Waals surface area contributed by atoms with Crippen molar-refractivity contribution in [1.82, 2.24) is 0 Å². The first-order valence-corrected chi connectivity index (χ1v) is 24.9. The summed E-state index contributed by atoms with van der Waals surface area (Å²) in [6.07, 6.45) is 0. The zero-order chi connectivity index (χ0) is 46.2. The Hall–Kier alpha value is -8.76. The van der Waals surface area contributed by atoms with E-state index in [2.05, 4.69) is 277 Å². The molecule has 1 spiro atoms. The molecular weight excluding hydrogens is 865 g/mol. The third-order valence-corrected chi connectivity index (χ3v) is 15.8. The summed E-state index contributed by atoms with van der Waals surface area (Å²) in [6, 6.07) is 98.6. The second-order valence-corrected chi connectivity index (χ2v) is 19.5. The van der Waals surface area contributed by atoms with Crippen molar-refractivity contribution in [2.24, 2.45) is 0 Å². The first-order chi connectivity index (χ1) is 34.7. The minimum absolute atomic E-state index is 0.517. The molecule has 0 N–H and O–H groups in total. The molecule has 0 unspecified atom stereocenters. The summed E-state index contributed by atoms with van der Waals surface area (Å²) in [5.41, 5.74) is 21.3. The van der Waals surface area contributed by atoms with Crippen molar-refractivity contribution in [3.05, 3.63) is 289 Å². The highest BCUT2D eigenvalue weighted by Gasteiger charge is 2.52. The number of fused-ring (bicyclic) bond motifs is 13. The number of benzene rings is 11. The summed E-state index contributed by atoms with van der Waals surface area (Å²) < 4.78 is 2.58. The van der Waals surface area contributed by atoms with Gasteiger partial charge in [-0.3, -0.25) is 0 Å². The lowest BCUT2D eigenvalue weighted by atomic mass is 9.70. The monoisotopic (exact) mass is 908 g/mol. The SMILES string of the molecule is c1ccc(-c2ccc(N(c3ccc(-c4cc(N(c5ccccc5)c5ccccc5)c5c(c4)C4(c6ccccc6-c6ccccc64)c4ccccc4-5)cc3)c3ccc4c(c3)sc3ccccc34)cc2)cc1. The van der Waals surface area contributed by atoms with Crippen LogP contribution in [0.5, 0.6) is 0 Å². The molecule has 1 aromatic heterocycles. The van der Waals surface area contributed by atoms with E-state index in [0.29, 0.717) is 0 Å². The zero-order valence-corrected chi connectivity index (χ0v) is 39.0. The van der Waals surface area contributed by atoms with Crippen LogP contribution in [0.2, 0.25) is 0 Å². The fourth-order valence-electron chi connectivity index (χ4n) is 11.7. The lowest BCUT2D eigenvalue weighted by Gasteiger charge is -2.32. The molecule has 14 rings (SSSR count). The highest BCUT2D eigenvalue weighted by Crippen LogP contribution is 2.65. The Morgan fingerprint density at radius 1 is 0.271 bits per heavy atom. The van der Waals surface area contributed by atoms with E-state index in [1.54, 1.807) is 0 Å². The van der Waals surface area contributed by atoms with Gasteiger partial charge in [-0.1, -0.05) is 188 Å². The number of rotatable bonds is 8. The minimum Gasteiger partial charge on any atom is -0.310 e. The quantitative estimate of drug-likeness (QED) is 0.150. The van der Waals surface area contributed by atoms with Crippen LogP contribution in [0.1, 0.15) is 22.3 Å². The Labute approximate surface area is 412 Å². The van der Waals surface area contributed by atoms with Crippen LogP contribution in [0.15, 0.2) is 267 Å². The first kappa shape index (κ1) is 40.3. The van der Waals surface area contributed by atoms with Gasteiger partial charge in [0, 0.05) is 54.2 Å². The molecule has 0 saturated heterocycles. The van der Waals surface area contributed by atoms with Gasteiger partial charge >= 0.3 is 0 Å². The van der Waals surface area contributed by atoms with Crippen LogP contribution in [0.25, 0.3) is 64.7 Å². The van der Waals surface area contributed by atoms with E-state index in [1.165, 1.54) is 75.8 Å². The fraction of sp³-hybridized carbons (Fsp3) is 0.0149. The number of nitrogens with zero attached hydrogens (tertiary/aromatic N) is 2.